The highest BCUT2D eigenvalue weighted by atomic mass is 16.4. The second-order valence-corrected chi connectivity index (χ2v) is 3.77. The molecule has 15 heavy (non-hydrogen) atoms. The number of amides is 1. The summed E-state index contributed by atoms with van der Waals surface area (Å²) in [6.45, 7) is 0.348. The zero-order valence-corrected chi connectivity index (χ0v) is 8.12. The van der Waals surface area contributed by atoms with E-state index in [1.54, 1.807) is 6.20 Å². The highest BCUT2D eigenvalue weighted by Crippen LogP contribution is 2.46. The maximum Gasteiger partial charge on any atom is 0.319 e. The molecule has 0 saturated heterocycles. The minimum atomic E-state index is -1.15. The summed E-state index contributed by atoms with van der Waals surface area (Å²) in [5.74, 6) is -1.41. The Labute approximate surface area is 86.5 Å². The van der Waals surface area contributed by atoms with Crippen LogP contribution >= 0.6 is 0 Å². The van der Waals surface area contributed by atoms with E-state index >= 15 is 0 Å². The molecule has 1 aliphatic carbocycles. The van der Waals surface area contributed by atoms with Gasteiger partial charge in [0.05, 0.1) is 6.54 Å². The Bertz CT molecular complexity index is 379. The van der Waals surface area contributed by atoms with Gasteiger partial charge in [-0.2, -0.15) is 0 Å². The fourth-order valence-electron chi connectivity index (χ4n) is 1.49. The van der Waals surface area contributed by atoms with Crippen LogP contribution in [0.1, 0.15) is 18.5 Å². The van der Waals surface area contributed by atoms with Crippen LogP contribution in [0, 0.1) is 5.41 Å². The lowest BCUT2D eigenvalue weighted by Gasteiger charge is -2.09. The maximum atomic E-state index is 11.6. The van der Waals surface area contributed by atoms with Gasteiger partial charge in [-0.05, 0) is 25.0 Å². The minimum Gasteiger partial charge on any atom is -0.480 e. The molecule has 5 heteroatoms. The van der Waals surface area contributed by atoms with E-state index in [0.717, 1.165) is 5.69 Å². The number of aromatic nitrogens is 1. The van der Waals surface area contributed by atoms with E-state index in [0.29, 0.717) is 19.4 Å². The summed E-state index contributed by atoms with van der Waals surface area (Å²) in [7, 11) is 0. The van der Waals surface area contributed by atoms with Crippen molar-refractivity contribution in [3.8, 4) is 0 Å². The van der Waals surface area contributed by atoms with Crippen molar-refractivity contribution in [1.29, 1.82) is 0 Å². The first kappa shape index (κ1) is 9.76. The number of carbonyl (C=O) groups excluding carboxylic acids is 1. The van der Waals surface area contributed by atoms with Gasteiger partial charge in [-0.25, -0.2) is 0 Å². The highest BCUT2D eigenvalue weighted by Gasteiger charge is 2.56. The van der Waals surface area contributed by atoms with E-state index in [1.165, 1.54) is 0 Å². The molecule has 3 N–H and O–H groups in total. The van der Waals surface area contributed by atoms with Crippen LogP contribution in [0.5, 0.6) is 0 Å². The molecular weight excluding hydrogens is 196 g/mol. The molecule has 5 nitrogen and oxygen atoms in total. The number of aromatic amines is 1. The fourth-order valence-corrected chi connectivity index (χ4v) is 1.49. The van der Waals surface area contributed by atoms with E-state index in [9.17, 15) is 9.59 Å². The number of carboxylic acids is 1. The Hall–Kier alpha value is -1.78. The summed E-state index contributed by atoms with van der Waals surface area (Å²) in [6, 6.07) is 3.66. The summed E-state index contributed by atoms with van der Waals surface area (Å²) in [4.78, 5) is 25.3. The third-order valence-electron chi connectivity index (χ3n) is 2.70. The van der Waals surface area contributed by atoms with Gasteiger partial charge in [-0.15, -0.1) is 0 Å². The molecule has 0 bridgehead atoms. The molecule has 0 atom stereocenters. The zero-order valence-electron chi connectivity index (χ0n) is 8.12. The summed E-state index contributed by atoms with van der Waals surface area (Å²) in [5, 5.41) is 11.5. The topological polar surface area (TPSA) is 82.2 Å². The fraction of sp³-hybridized carbons (Fsp3) is 0.400. The van der Waals surface area contributed by atoms with Crippen LogP contribution < -0.4 is 5.32 Å². The van der Waals surface area contributed by atoms with E-state index in [4.69, 9.17) is 5.11 Å². The summed E-state index contributed by atoms with van der Waals surface area (Å²) >= 11 is 0. The Morgan fingerprint density at radius 1 is 1.53 bits per heavy atom. The van der Waals surface area contributed by atoms with Crippen LogP contribution in [0.25, 0.3) is 0 Å². The quantitative estimate of drug-likeness (QED) is 0.630. The van der Waals surface area contributed by atoms with Crippen molar-refractivity contribution in [3.63, 3.8) is 0 Å². The van der Waals surface area contributed by atoms with Gasteiger partial charge >= 0.3 is 5.97 Å². The number of aliphatic carboxylic acids is 1. The molecule has 1 aliphatic rings. The van der Waals surface area contributed by atoms with Crippen LogP contribution in [0.3, 0.4) is 0 Å². The van der Waals surface area contributed by atoms with Gasteiger partial charge in [0.25, 0.3) is 0 Å². The van der Waals surface area contributed by atoms with E-state index < -0.39 is 11.4 Å². The van der Waals surface area contributed by atoms with Crippen LogP contribution in [0.2, 0.25) is 0 Å². The SMILES string of the molecule is O=C(O)C1(C(=O)NCc2ccc[nH]2)CC1. The standard InChI is InChI=1S/C10H12N2O3/c13-8(10(3-4-10)9(14)15)12-6-7-2-1-5-11-7/h1-2,5,11H,3-4,6H2,(H,12,13)(H,14,15). The van der Waals surface area contributed by atoms with Gasteiger partial charge in [0, 0.05) is 11.9 Å². The smallest absolute Gasteiger partial charge is 0.319 e. The summed E-state index contributed by atoms with van der Waals surface area (Å²) in [5.41, 5.74) is -0.281. The lowest BCUT2D eigenvalue weighted by atomic mass is 10.1. The summed E-state index contributed by atoms with van der Waals surface area (Å²) < 4.78 is 0. The average Bonchev–Trinajstić information content (AvgIpc) is 2.87. The first-order chi connectivity index (χ1) is 7.15. The Balaban J connectivity index is 1.91. The monoisotopic (exact) mass is 208 g/mol. The van der Waals surface area contributed by atoms with E-state index in [1.807, 2.05) is 12.1 Å². The number of nitrogens with one attached hydrogen (secondary N) is 2. The normalized spacial score (nSPS) is 17.1. The van der Waals surface area contributed by atoms with Gasteiger partial charge in [0.1, 0.15) is 5.41 Å². The van der Waals surface area contributed by atoms with Crippen molar-refractivity contribution in [2.24, 2.45) is 5.41 Å². The van der Waals surface area contributed by atoms with Crippen LogP contribution in [-0.2, 0) is 16.1 Å². The van der Waals surface area contributed by atoms with Crippen molar-refractivity contribution in [1.82, 2.24) is 10.3 Å². The van der Waals surface area contributed by atoms with Crippen molar-refractivity contribution in [3.05, 3.63) is 24.0 Å². The number of hydrogen-bond acceptors (Lipinski definition) is 2. The van der Waals surface area contributed by atoms with Crippen molar-refractivity contribution >= 4 is 11.9 Å². The van der Waals surface area contributed by atoms with Gasteiger partial charge in [0.2, 0.25) is 5.91 Å². The van der Waals surface area contributed by atoms with Crippen LogP contribution in [-0.4, -0.2) is 22.0 Å². The molecule has 1 aromatic heterocycles. The molecule has 0 aliphatic heterocycles. The van der Waals surface area contributed by atoms with E-state index in [2.05, 4.69) is 10.3 Å². The van der Waals surface area contributed by atoms with Gasteiger partial charge in [-0.1, -0.05) is 0 Å². The van der Waals surface area contributed by atoms with E-state index in [-0.39, 0.29) is 5.91 Å². The number of carbonyl (C=O) groups is 2. The molecule has 0 unspecified atom stereocenters. The molecule has 80 valence electrons. The van der Waals surface area contributed by atoms with Crippen LogP contribution in [0.15, 0.2) is 18.3 Å². The molecule has 1 fully saturated rings. The Morgan fingerprint density at radius 3 is 2.73 bits per heavy atom. The Morgan fingerprint density at radius 2 is 2.27 bits per heavy atom. The van der Waals surface area contributed by atoms with Crippen molar-refractivity contribution in [2.45, 2.75) is 19.4 Å². The first-order valence-electron chi connectivity index (χ1n) is 4.79. The van der Waals surface area contributed by atoms with Crippen LogP contribution in [0.4, 0.5) is 0 Å². The molecule has 0 aromatic carbocycles. The van der Waals surface area contributed by atoms with Gasteiger partial charge in [-0.3, -0.25) is 9.59 Å². The highest BCUT2D eigenvalue weighted by molar-refractivity contribution is 6.04. The number of carboxylic acid groups (broad SMARTS) is 1. The lowest BCUT2D eigenvalue weighted by molar-refractivity contribution is -0.149. The first-order valence-corrected chi connectivity index (χ1v) is 4.79. The predicted molar refractivity (Wildman–Crippen MR) is 51.9 cm³/mol. The summed E-state index contributed by atoms with van der Waals surface area (Å²) in [6.07, 6.45) is 2.64. The molecule has 0 radical (unpaired) electrons. The van der Waals surface area contributed by atoms with Crippen molar-refractivity contribution in [2.75, 3.05) is 0 Å². The average molecular weight is 208 g/mol. The number of rotatable bonds is 4. The second kappa shape index (κ2) is 3.42. The second-order valence-electron chi connectivity index (χ2n) is 3.77. The van der Waals surface area contributed by atoms with Crippen molar-refractivity contribution < 1.29 is 14.7 Å². The third kappa shape index (κ3) is 1.72. The van der Waals surface area contributed by atoms with Gasteiger partial charge < -0.3 is 15.4 Å². The molecule has 1 heterocycles. The molecule has 0 spiro atoms. The largest absolute Gasteiger partial charge is 0.480 e. The molecule has 1 amide bonds. The lowest BCUT2D eigenvalue weighted by Crippen LogP contribution is -2.36. The zero-order chi connectivity index (χ0) is 10.9. The maximum absolute atomic E-state index is 11.6. The molecular formula is C10H12N2O3. The molecule has 1 aromatic rings. The third-order valence-corrected chi connectivity index (χ3v) is 2.70. The molecule has 1 saturated carbocycles. The predicted octanol–water partition coefficient (Wildman–Crippen LogP) is 0.496. The Kier molecular flexibility index (Phi) is 2.22. The molecule has 2 rings (SSSR count). The number of hydrogen-bond donors (Lipinski definition) is 3. The minimum absolute atomic E-state index is 0.348. The number of H-pyrrole nitrogens is 1. The van der Waals surface area contributed by atoms with Gasteiger partial charge in [0.15, 0.2) is 0 Å².